The van der Waals surface area contributed by atoms with Gasteiger partial charge in [0.05, 0.1) is 21.3 Å². The molecule has 0 spiro atoms. The number of hydrogen-bond donors (Lipinski definition) is 2. The van der Waals surface area contributed by atoms with Crippen LogP contribution >= 0.6 is 0 Å². The molecule has 0 aliphatic heterocycles. The molecule has 3 aromatic rings. The van der Waals surface area contributed by atoms with Gasteiger partial charge in [-0.2, -0.15) is 0 Å². The van der Waals surface area contributed by atoms with Crippen molar-refractivity contribution in [2.45, 2.75) is 76.9 Å². The van der Waals surface area contributed by atoms with E-state index in [4.69, 9.17) is 19.9 Å². The highest BCUT2D eigenvalue weighted by molar-refractivity contribution is 5.54. The van der Waals surface area contributed by atoms with E-state index in [-0.39, 0.29) is 10.8 Å². The topological polar surface area (TPSA) is 73.9 Å². The Morgan fingerprint density at radius 3 is 1.55 bits per heavy atom. The maximum Gasteiger partial charge on any atom is 0.137 e. The molecule has 0 bridgehead atoms. The van der Waals surface area contributed by atoms with Crippen LogP contribution in [0.1, 0.15) is 75.8 Å². The van der Waals surface area contributed by atoms with Gasteiger partial charge < -0.3 is 25.1 Å². The number of rotatable bonds is 9. The molecule has 206 valence electrons. The van der Waals surface area contributed by atoms with E-state index >= 15 is 0 Å². The number of aryl methyl sites for hydroxylation is 1. The third kappa shape index (κ3) is 6.00. The van der Waals surface area contributed by atoms with Gasteiger partial charge in [-0.05, 0) is 70.7 Å². The van der Waals surface area contributed by atoms with E-state index in [2.05, 4.69) is 41.5 Å². The highest BCUT2D eigenvalue weighted by Crippen LogP contribution is 2.45. The van der Waals surface area contributed by atoms with E-state index < -0.39 is 11.6 Å². The first kappa shape index (κ1) is 29.5. The van der Waals surface area contributed by atoms with Crippen LogP contribution in [0.3, 0.4) is 0 Å². The molecule has 5 nitrogen and oxygen atoms in total. The lowest BCUT2D eigenvalue weighted by Crippen LogP contribution is -2.47. The molecule has 0 heterocycles. The maximum absolute atomic E-state index is 12.9. The minimum Gasteiger partial charge on any atom is -0.496 e. The lowest BCUT2D eigenvalue weighted by molar-refractivity contribution is 0.0435. The Morgan fingerprint density at radius 2 is 1.13 bits per heavy atom. The highest BCUT2D eigenvalue weighted by atomic mass is 16.5. The predicted molar refractivity (Wildman–Crippen MR) is 156 cm³/mol. The first-order chi connectivity index (χ1) is 17.8. The van der Waals surface area contributed by atoms with Crippen LogP contribution in [0.25, 0.3) is 0 Å². The van der Waals surface area contributed by atoms with E-state index in [0.717, 1.165) is 22.4 Å². The summed E-state index contributed by atoms with van der Waals surface area (Å²) in [5, 5.41) is 12.9. The van der Waals surface area contributed by atoms with E-state index in [1.54, 1.807) is 21.3 Å². The molecule has 0 fully saturated rings. The summed E-state index contributed by atoms with van der Waals surface area (Å²) in [6.45, 7) is 12.9. The van der Waals surface area contributed by atoms with Gasteiger partial charge in [0.2, 0.25) is 0 Å². The summed E-state index contributed by atoms with van der Waals surface area (Å²) in [4.78, 5) is 0. The Bertz CT molecular complexity index is 1170. The summed E-state index contributed by atoms with van der Waals surface area (Å²) in [6.07, 6.45) is 1.14. The van der Waals surface area contributed by atoms with Crippen molar-refractivity contribution in [1.29, 1.82) is 0 Å². The zero-order valence-corrected chi connectivity index (χ0v) is 24.5. The Morgan fingerprint density at radius 1 is 0.684 bits per heavy atom. The van der Waals surface area contributed by atoms with E-state index in [1.807, 2.05) is 60.7 Å². The largest absolute Gasteiger partial charge is 0.496 e. The summed E-state index contributed by atoms with van der Waals surface area (Å²) in [7, 11) is 4.92. The lowest BCUT2D eigenvalue weighted by atomic mass is 9.74. The zero-order valence-electron chi connectivity index (χ0n) is 24.5. The number of ether oxygens (including phenoxy) is 3. The number of aliphatic hydroxyl groups is 1. The molecule has 5 heteroatoms. The molecule has 1 unspecified atom stereocenters. The van der Waals surface area contributed by atoms with Crippen molar-refractivity contribution in [2.75, 3.05) is 21.3 Å². The molecule has 0 saturated carbocycles. The van der Waals surface area contributed by atoms with Crippen LogP contribution in [0.4, 0.5) is 0 Å². The summed E-state index contributed by atoms with van der Waals surface area (Å²) in [5.41, 5.74) is 9.60. The van der Waals surface area contributed by atoms with Gasteiger partial charge >= 0.3 is 0 Å². The Hall–Kier alpha value is -3.02. The number of nitrogens with two attached hydrogens (primary N) is 1. The van der Waals surface area contributed by atoms with Crippen molar-refractivity contribution in [3.05, 3.63) is 88.5 Å². The van der Waals surface area contributed by atoms with Crippen LogP contribution < -0.4 is 19.9 Å². The molecule has 3 N–H and O–H groups in total. The molecular weight excluding hydrogens is 474 g/mol. The van der Waals surface area contributed by atoms with Gasteiger partial charge in [0, 0.05) is 17.2 Å². The fourth-order valence-corrected chi connectivity index (χ4v) is 4.92. The fraction of sp³-hybridized carbons (Fsp3) is 0.455. The molecule has 3 rings (SSSR count). The van der Waals surface area contributed by atoms with Crippen molar-refractivity contribution >= 4 is 0 Å². The molecule has 1 atom stereocenters. The SMILES string of the molecule is COc1ccccc1CCC(N)C(O)(c1cc(C(C)(C)C)ccc1OC)c1cc(C(C)(C)C)ccc1OC. The van der Waals surface area contributed by atoms with Gasteiger partial charge in [0.15, 0.2) is 0 Å². The maximum atomic E-state index is 12.9. The Kier molecular flexibility index (Phi) is 8.85. The molecule has 0 amide bonds. The first-order valence-electron chi connectivity index (χ1n) is 13.2. The molecule has 3 aromatic carbocycles. The van der Waals surface area contributed by atoms with Crippen molar-refractivity contribution in [2.24, 2.45) is 5.73 Å². The average Bonchev–Trinajstić information content (AvgIpc) is 2.89. The fourth-order valence-electron chi connectivity index (χ4n) is 4.92. The third-order valence-electron chi connectivity index (χ3n) is 7.41. The van der Waals surface area contributed by atoms with Crippen LogP contribution in [0.15, 0.2) is 60.7 Å². The predicted octanol–water partition coefficient (Wildman–Crippen LogP) is 6.50. The normalized spacial score (nSPS) is 13.2. The second-order valence-electron chi connectivity index (χ2n) is 12.1. The van der Waals surface area contributed by atoms with Crippen molar-refractivity contribution < 1.29 is 19.3 Å². The van der Waals surface area contributed by atoms with Crippen LogP contribution in [0, 0.1) is 0 Å². The van der Waals surface area contributed by atoms with E-state index in [9.17, 15) is 5.11 Å². The molecule has 0 saturated heterocycles. The monoisotopic (exact) mass is 519 g/mol. The second kappa shape index (κ2) is 11.4. The minimum atomic E-state index is -1.60. The standard InChI is InChI=1S/C33H45NO4/c1-31(2,3)23-15-17-28(37-8)25(20-23)33(35,26-21-24(32(4,5)6)16-18-29(26)38-9)30(34)19-14-22-12-10-11-13-27(22)36-7/h10-13,15-18,20-21,30,35H,14,19,34H2,1-9H3. The summed E-state index contributed by atoms with van der Waals surface area (Å²) in [5.74, 6) is 1.97. The van der Waals surface area contributed by atoms with Gasteiger partial charge in [-0.1, -0.05) is 71.9 Å². The highest BCUT2D eigenvalue weighted by Gasteiger charge is 2.43. The molecule has 0 aliphatic carbocycles. The molecule has 0 radical (unpaired) electrons. The quantitative estimate of drug-likeness (QED) is 0.337. The molecule has 38 heavy (non-hydrogen) atoms. The smallest absolute Gasteiger partial charge is 0.137 e. The zero-order chi connectivity index (χ0) is 28.3. The van der Waals surface area contributed by atoms with Crippen molar-refractivity contribution in [3.63, 3.8) is 0 Å². The summed E-state index contributed by atoms with van der Waals surface area (Å²) < 4.78 is 17.2. The first-order valence-corrected chi connectivity index (χ1v) is 13.2. The molecular formula is C33H45NO4. The van der Waals surface area contributed by atoms with Gasteiger partial charge in [-0.3, -0.25) is 0 Å². The van der Waals surface area contributed by atoms with E-state index in [1.165, 1.54) is 0 Å². The minimum absolute atomic E-state index is 0.138. The number of benzene rings is 3. The van der Waals surface area contributed by atoms with Crippen molar-refractivity contribution in [3.8, 4) is 17.2 Å². The van der Waals surface area contributed by atoms with Crippen LogP contribution in [-0.2, 0) is 22.9 Å². The number of hydrogen-bond acceptors (Lipinski definition) is 5. The van der Waals surface area contributed by atoms with Gasteiger partial charge in [0.25, 0.3) is 0 Å². The summed E-state index contributed by atoms with van der Waals surface area (Å²) >= 11 is 0. The third-order valence-corrected chi connectivity index (χ3v) is 7.41. The van der Waals surface area contributed by atoms with Crippen molar-refractivity contribution in [1.82, 2.24) is 0 Å². The van der Waals surface area contributed by atoms with Gasteiger partial charge in [-0.25, -0.2) is 0 Å². The Labute approximate surface area is 228 Å². The summed E-state index contributed by atoms with van der Waals surface area (Å²) in [6, 6.07) is 19.2. The van der Waals surface area contributed by atoms with Crippen LogP contribution in [0.5, 0.6) is 17.2 Å². The van der Waals surface area contributed by atoms with Crippen LogP contribution in [0.2, 0.25) is 0 Å². The van der Waals surface area contributed by atoms with Crippen LogP contribution in [-0.4, -0.2) is 32.5 Å². The number of para-hydroxylation sites is 1. The lowest BCUT2D eigenvalue weighted by Gasteiger charge is -2.38. The van der Waals surface area contributed by atoms with Gasteiger partial charge in [0.1, 0.15) is 22.8 Å². The van der Waals surface area contributed by atoms with Gasteiger partial charge in [-0.15, -0.1) is 0 Å². The number of methoxy groups -OCH3 is 3. The Balaban J connectivity index is 2.27. The average molecular weight is 520 g/mol. The molecule has 0 aromatic heterocycles. The van der Waals surface area contributed by atoms with E-state index in [0.29, 0.717) is 35.5 Å². The second-order valence-corrected chi connectivity index (χ2v) is 12.1. The molecule has 0 aliphatic rings.